The SMILES string of the molecule is Cc1ccc(NC(=O)c2c(-c3ccc(F)cc3)noc2C)c(Cl)c1. The van der Waals surface area contributed by atoms with E-state index in [1.165, 1.54) is 12.1 Å². The van der Waals surface area contributed by atoms with E-state index >= 15 is 0 Å². The Kier molecular flexibility index (Phi) is 4.36. The second-order valence-corrected chi connectivity index (χ2v) is 5.81. The van der Waals surface area contributed by atoms with Crippen molar-refractivity contribution in [2.24, 2.45) is 0 Å². The minimum Gasteiger partial charge on any atom is -0.360 e. The van der Waals surface area contributed by atoms with Gasteiger partial charge in [0, 0.05) is 5.56 Å². The Morgan fingerprint density at radius 3 is 2.54 bits per heavy atom. The summed E-state index contributed by atoms with van der Waals surface area (Å²) in [6, 6.07) is 11.0. The number of aromatic nitrogens is 1. The van der Waals surface area contributed by atoms with Crippen molar-refractivity contribution in [3.63, 3.8) is 0 Å². The van der Waals surface area contributed by atoms with Crippen LogP contribution in [0.4, 0.5) is 10.1 Å². The molecule has 6 heteroatoms. The number of halogens is 2. The lowest BCUT2D eigenvalue weighted by Crippen LogP contribution is -2.13. The Morgan fingerprint density at radius 2 is 1.88 bits per heavy atom. The van der Waals surface area contributed by atoms with Gasteiger partial charge in [0.1, 0.15) is 22.8 Å². The second kappa shape index (κ2) is 6.45. The zero-order valence-corrected chi connectivity index (χ0v) is 13.8. The lowest BCUT2D eigenvalue weighted by molar-refractivity contribution is 0.102. The smallest absolute Gasteiger partial charge is 0.261 e. The van der Waals surface area contributed by atoms with Crippen molar-refractivity contribution >= 4 is 23.2 Å². The zero-order chi connectivity index (χ0) is 17.3. The molecule has 122 valence electrons. The Morgan fingerprint density at radius 1 is 1.17 bits per heavy atom. The molecule has 1 amide bonds. The fourth-order valence-electron chi connectivity index (χ4n) is 2.35. The number of aryl methyl sites for hydroxylation is 2. The van der Waals surface area contributed by atoms with Gasteiger partial charge in [0.05, 0.1) is 10.7 Å². The van der Waals surface area contributed by atoms with Gasteiger partial charge in [-0.3, -0.25) is 4.79 Å². The molecule has 1 N–H and O–H groups in total. The summed E-state index contributed by atoms with van der Waals surface area (Å²) in [5, 5.41) is 7.13. The molecular weight excluding hydrogens is 331 g/mol. The largest absolute Gasteiger partial charge is 0.360 e. The second-order valence-electron chi connectivity index (χ2n) is 5.41. The fourth-order valence-corrected chi connectivity index (χ4v) is 2.63. The topological polar surface area (TPSA) is 55.1 Å². The number of carbonyl (C=O) groups is 1. The van der Waals surface area contributed by atoms with Crippen molar-refractivity contribution in [1.82, 2.24) is 5.16 Å². The van der Waals surface area contributed by atoms with Crippen LogP contribution in [0.1, 0.15) is 21.7 Å². The van der Waals surface area contributed by atoms with Gasteiger partial charge in [0.2, 0.25) is 0 Å². The molecule has 0 aliphatic carbocycles. The zero-order valence-electron chi connectivity index (χ0n) is 13.1. The van der Waals surface area contributed by atoms with Crippen molar-refractivity contribution in [2.45, 2.75) is 13.8 Å². The number of anilines is 1. The Hall–Kier alpha value is -2.66. The first-order valence-corrected chi connectivity index (χ1v) is 7.63. The van der Waals surface area contributed by atoms with Gasteiger partial charge in [-0.1, -0.05) is 22.8 Å². The lowest BCUT2D eigenvalue weighted by Gasteiger charge is -2.08. The third-order valence-corrected chi connectivity index (χ3v) is 3.89. The van der Waals surface area contributed by atoms with Crippen molar-refractivity contribution in [1.29, 1.82) is 0 Å². The third-order valence-electron chi connectivity index (χ3n) is 3.58. The van der Waals surface area contributed by atoms with Gasteiger partial charge in [0.15, 0.2) is 0 Å². The van der Waals surface area contributed by atoms with Crippen LogP contribution in [0.5, 0.6) is 0 Å². The predicted molar refractivity (Wildman–Crippen MR) is 90.8 cm³/mol. The summed E-state index contributed by atoms with van der Waals surface area (Å²) in [4.78, 5) is 12.7. The molecule has 0 fully saturated rings. The summed E-state index contributed by atoms with van der Waals surface area (Å²) in [6.45, 7) is 3.56. The van der Waals surface area contributed by atoms with E-state index < -0.39 is 0 Å². The molecule has 1 aromatic heterocycles. The molecule has 3 aromatic rings. The van der Waals surface area contributed by atoms with Crippen LogP contribution in [0.2, 0.25) is 5.02 Å². The van der Waals surface area contributed by atoms with Crippen LogP contribution in [0.15, 0.2) is 47.0 Å². The number of nitrogens with zero attached hydrogens (tertiary/aromatic N) is 1. The highest BCUT2D eigenvalue weighted by Crippen LogP contribution is 2.28. The lowest BCUT2D eigenvalue weighted by atomic mass is 10.1. The van der Waals surface area contributed by atoms with Gasteiger partial charge in [-0.15, -0.1) is 0 Å². The van der Waals surface area contributed by atoms with E-state index in [0.29, 0.717) is 33.3 Å². The number of rotatable bonds is 3. The highest BCUT2D eigenvalue weighted by atomic mass is 35.5. The third kappa shape index (κ3) is 3.16. The first kappa shape index (κ1) is 16.2. The predicted octanol–water partition coefficient (Wildman–Crippen LogP) is 5.00. The highest BCUT2D eigenvalue weighted by molar-refractivity contribution is 6.34. The standard InChI is InChI=1S/C18H14ClFN2O2/c1-10-3-8-15(14(19)9-10)21-18(23)16-11(2)24-22-17(16)12-4-6-13(20)7-5-12/h3-9H,1-2H3,(H,21,23). The number of benzene rings is 2. The summed E-state index contributed by atoms with van der Waals surface area (Å²) in [7, 11) is 0. The van der Waals surface area contributed by atoms with E-state index in [4.69, 9.17) is 16.1 Å². The minimum atomic E-state index is -0.390. The van der Waals surface area contributed by atoms with E-state index in [1.807, 2.05) is 13.0 Å². The Labute approximate surface area is 143 Å². The van der Waals surface area contributed by atoms with Crippen LogP contribution in [-0.2, 0) is 0 Å². The average molecular weight is 345 g/mol. The Bertz CT molecular complexity index is 904. The van der Waals surface area contributed by atoms with Gasteiger partial charge < -0.3 is 9.84 Å². The van der Waals surface area contributed by atoms with Gasteiger partial charge in [0.25, 0.3) is 5.91 Å². The molecule has 24 heavy (non-hydrogen) atoms. The number of nitrogens with one attached hydrogen (secondary N) is 1. The van der Waals surface area contributed by atoms with Crippen LogP contribution in [0, 0.1) is 19.7 Å². The molecule has 3 rings (SSSR count). The summed E-state index contributed by atoms with van der Waals surface area (Å²) in [6.07, 6.45) is 0. The molecule has 0 radical (unpaired) electrons. The van der Waals surface area contributed by atoms with E-state index in [1.54, 1.807) is 31.2 Å². The molecular formula is C18H14ClFN2O2. The van der Waals surface area contributed by atoms with Crippen molar-refractivity contribution in [3.8, 4) is 11.3 Å². The minimum absolute atomic E-state index is 0.290. The van der Waals surface area contributed by atoms with Crippen LogP contribution >= 0.6 is 11.6 Å². The van der Waals surface area contributed by atoms with E-state index in [2.05, 4.69) is 10.5 Å². The van der Waals surface area contributed by atoms with E-state index in [0.717, 1.165) is 5.56 Å². The van der Waals surface area contributed by atoms with Gasteiger partial charge in [-0.2, -0.15) is 0 Å². The quantitative estimate of drug-likeness (QED) is 0.727. The maximum absolute atomic E-state index is 13.1. The van der Waals surface area contributed by atoms with E-state index in [9.17, 15) is 9.18 Å². The molecule has 4 nitrogen and oxygen atoms in total. The van der Waals surface area contributed by atoms with E-state index in [-0.39, 0.29) is 11.7 Å². The number of hydrogen-bond acceptors (Lipinski definition) is 3. The van der Waals surface area contributed by atoms with Crippen LogP contribution < -0.4 is 5.32 Å². The normalized spacial score (nSPS) is 10.7. The summed E-state index contributed by atoms with van der Waals surface area (Å²) in [5.74, 6) is -0.384. The van der Waals surface area contributed by atoms with Gasteiger partial charge in [-0.25, -0.2) is 4.39 Å². The molecule has 0 saturated heterocycles. The van der Waals surface area contributed by atoms with Crippen molar-refractivity contribution in [3.05, 3.63) is 70.2 Å². The first-order chi connectivity index (χ1) is 11.5. The van der Waals surface area contributed by atoms with Crippen LogP contribution in [0.25, 0.3) is 11.3 Å². The Balaban J connectivity index is 1.95. The summed E-state index contributed by atoms with van der Waals surface area (Å²) in [5.41, 5.74) is 2.73. The van der Waals surface area contributed by atoms with Gasteiger partial charge >= 0.3 is 0 Å². The molecule has 0 spiro atoms. The maximum Gasteiger partial charge on any atom is 0.261 e. The molecule has 0 saturated carbocycles. The molecule has 0 aliphatic heterocycles. The molecule has 2 aromatic carbocycles. The number of hydrogen-bond donors (Lipinski definition) is 1. The number of carbonyl (C=O) groups excluding carboxylic acids is 1. The monoisotopic (exact) mass is 344 g/mol. The molecule has 0 aliphatic rings. The summed E-state index contributed by atoms with van der Waals surface area (Å²) < 4.78 is 18.2. The maximum atomic E-state index is 13.1. The molecule has 1 heterocycles. The van der Waals surface area contributed by atoms with Crippen molar-refractivity contribution in [2.75, 3.05) is 5.32 Å². The molecule has 0 unspecified atom stereocenters. The molecule has 0 atom stereocenters. The fraction of sp³-hybridized carbons (Fsp3) is 0.111. The molecule has 0 bridgehead atoms. The summed E-state index contributed by atoms with van der Waals surface area (Å²) >= 11 is 6.15. The van der Waals surface area contributed by atoms with Gasteiger partial charge in [-0.05, 0) is 55.8 Å². The van der Waals surface area contributed by atoms with Crippen LogP contribution in [0.3, 0.4) is 0 Å². The first-order valence-electron chi connectivity index (χ1n) is 7.25. The highest BCUT2D eigenvalue weighted by Gasteiger charge is 2.22. The van der Waals surface area contributed by atoms with Crippen molar-refractivity contribution < 1.29 is 13.7 Å². The average Bonchev–Trinajstić information content (AvgIpc) is 2.92. The van der Waals surface area contributed by atoms with Crippen LogP contribution in [-0.4, -0.2) is 11.1 Å². The number of amides is 1.